The SMILES string of the molecule is CC(C)(C)OC(=O)ON1CCN(CC(Cn2c3ccc(Br)cc3c3cc(Br)ccc32)NCc2ccccc2)CC1. The number of carbonyl (C=O) groups is 1. The third kappa shape index (κ3) is 7.44. The summed E-state index contributed by atoms with van der Waals surface area (Å²) in [7, 11) is 0. The average Bonchev–Trinajstić information content (AvgIpc) is 3.19. The van der Waals surface area contributed by atoms with Crippen molar-refractivity contribution in [1.29, 1.82) is 0 Å². The molecule has 1 fully saturated rings. The van der Waals surface area contributed by atoms with Crippen molar-refractivity contribution < 1.29 is 14.4 Å². The van der Waals surface area contributed by atoms with Crippen LogP contribution in [0.15, 0.2) is 75.7 Å². The van der Waals surface area contributed by atoms with E-state index in [1.54, 1.807) is 5.06 Å². The van der Waals surface area contributed by atoms with Gasteiger partial charge in [-0.3, -0.25) is 4.90 Å². The Balaban J connectivity index is 1.33. The number of piperazine rings is 1. The molecule has 1 saturated heterocycles. The molecule has 0 radical (unpaired) electrons. The summed E-state index contributed by atoms with van der Waals surface area (Å²) in [5.74, 6) is 0. The van der Waals surface area contributed by atoms with Gasteiger partial charge in [-0.05, 0) is 62.7 Å². The van der Waals surface area contributed by atoms with Gasteiger partial charge in [-0.1, -0.05) is 62.2 Å². The van der Waals surface area contributed by atoms with Crippen LogP contribution in [0.2, 0.25) is 0 Å². The molecule has 4 aromatic rings. The minimum absolute atomic E-state index is 0.199. The smallest absolute Gasteiger partial charge is 0.427 e. The van der Waals surface area contributed by atoms with Crippen LogP contribution in [0, 0.1) is 0 Å². The second kappa shape index (κ2) is 12.6. The van der Waals surface area contributed by atoms with E-state index in [-0.39, 0.29) is 6.04 Å². The monoisotopic (exact) mass is 670 g/mol. The molecule has 0 saturated carbocycles. The number of hydroxylamine groups is 2. The molecule has 212 valence electrons. The van der Waals surface area contributed by atoms with E-state index in [0.29, 0.717) is 13.1 Å². The quantitative estimate of drug-likeness (QED) is 0.205. The molecule has 5 rings (SSSR count). The molecule has 7 nitrogen and oxygen atoms in total. The molecule has 1 atom stereocenters. The summed E-state index contributed by atoms with van der Waals surface area (Å²) >= 11 is 7.33. The van der Waals surface area contributed by atoms with Crippen LogP contribution in [0.25, 0.3) is 21.8 Å². The van der Waals surface area contributed by atoms with E-state index in [2.05, 4.69) is 107 Å². The van der Waals surface area contributed by atoms with Crippen molar-refractivity contribution in [3.8, 4) is 0 Å². The van der Waals surface area contributed by atoms with E-state index < -0.39 is 11.8 Å². The van der Waals surface area contributed by atoms with Crippen molar-refractivity contribution in [3.63, 3.8) is 0 Å². The lowest BCUT2D eigenvalue weighted by Crippen LogP contribution is -2.52. The number of nitrogens with zero attached hydrogens (tertiary/aromatic N) is 3. The van der Waals surface area contributed by atoms with Gasteiger partial charge in [0, 0.05) is 82.6 Å². The van der Waals surface area contributed by atoms with Crippen LogP contribution in [-0.2, 0) is 22.7 Å². The fraction of sp³-hybridized carbons (Fsp3) is 0.387. The van der Waals surface area contributed by atoms with Crippen molar-refractivity contribution in [3.05, 3.63) is 81.2 Å². The molecule has 3 aromatic carbocycles. The van der Waals surface area contributed by atoms with Crippen LogP contribution in [0.1, 0.15) is 26.3 Å². The molecule has 0 spiro atoms. The summed E-state index contributed by atoms with van der Waals surface area (Å²) in [6, 6.07) is 23.8. The molecule has 0 aliphatic carbocycles. The van der Waals surface area contributed by atoms with Gasteiger partial charge in [0.25, 0.3) is 0 Å². The Labute approximate surface area is 252 Å². The van der Waals surface area contributed by atoms with E-state index in [1.165, 1.54) is 27.4 Å². The number of nitrogens with one attached hydrogen (secondary N) is 1. The highest BCUT2D eigenvalue weighted by molar-refractivity contribution is 9.10. The zero-order chi connectivity index (χ0) is 28.3. The molecular weight excluding hydrogens is 636 g/mol. The van der Waals surface area contributed by atoms with Gasteiger partial charge in [0.05, 0.1) is 0 Å². The van der Waals surface area contributed by atoms with Crippen molar-refractivity contribution in [1.82, 2.24) is 19.8 Å². The molecule has 40 heavy (non-hydrogen) atoms. The number of benzene rings is 3. The Morgan fingerprint density at radius 1 is 0.875 bits per heavy atom. The molecule has 1 aromatic heterocycles. The van der Waals surface area contributed by atoms with E-state index in [1.807, 2.05) is 26.8 Å². The fourth-order valence-corrected chi connectivity index (χ4v) is 5.92. The topological polar surface area (TPSA) is 59.0 Å². The Morgan fingerprint density at radius 2 is 1.48 bits per heavy atom. The Bertz CT molecular complexity index is 1400. The number of fused-ring (bicyclic) bond motifs is 3. The van der Waals surface area contributed by atoms with Crippen molar-refractivity contribution in [2.24, 2.45) is 0 Å². The molecule has 9 heteroatoms. The number of rotatable bonds is 8. The average molecular weight is 672 g/mol. The van der Waals surface area contributed by atoms with Gasteiger partial charge in [0.15, 0.2) is 0 Å². The maximum Gasteiger partial charge on any atom is 0.528 e. The molecule has 0 bridgehead atoms. The van der Waals surface area contributed by atoms with Crippen LogP contribution in [0.5, 0.6) is 0 Å². The Kier molecular flexibility index (Phi) is 9.17. The number of carbonyl (C=O) groups excluding carboxylic acids is 1. The van der Waals surface area contributed by atoms with E-state index in [9.17, 15) is 4.79 Å². The molecule has 1 N–H and O–H groups in total. The van der Waals surface area contributed by atoms with Crippen LogP contribution < -0.4 is 5.32 Å². The minimum Gasteiger partial charge on any atom is -0.427 e. The van der Waals surface area contributed by atoms with E-state index in [0.717, 1.165) is 41.7 Å². The van der Waals surface area contributed by atoms with Crippen molar-refractivity contribution in [2.75, 3.05) is 32.7 Å². The van der Waals surface area contributed by atoms with Gasteiger partial charge < -0.3 is 19.5 Å². The third-order valence-corrected chi connectivity index (χ3v) is 8.02. The Hall–Kier alpha value is -2.43. The molecule has 2 heterocycles. The highest BCUT2D eigenvalue weighted by Crippen LogP contribution is 2.33. The standard InChI is InChI=1S/C31H36Br2N4O3/c1-31(2,3)39-30(38)40-36-15-13-35(14-16-36)20-25(34-19-22-7-5-4-6-8-22)21-37-28-11-9-23(32)17-26(28)27-18-24(33)10-12-29(27)37/h4-12,17-18,25,34H,13-16,19-21H2,1-3H3. The highest BCUT2D eigenvalue weighted by Gasteiger charge is 2.26. The molecular formula is C31H36Br2N4O3. The zero-order valence-electron chi connectivity index (χ0n) is 23.2. The lowest BCUT2D eigenvalue weighted by molar-refractivity contribution is -0.158. The van der Waals surface area contributed by atoms with Gasteiger partial charge in [0.2, 0.25) is 0 Å². The van der Waals surface area contributed by atoms with Crippen LogP contribution in [-0.4, -0.2) is 65.1 Å². The summed E-state index contributed by atoms with van der Waals surface area (Å²) in [5, 5.41) is 8.02. The Morgan fingerprint density at radius 3 is 2.05 bits per heavy atom. The van der Waals surface area contributed by atoms with Gasteiger partial charge in [0.1, 0.15) is 5.60 Å². The van der Waals surface area contributed by atoms with Gasteiger partial charge in [-0.25, -0.2) is 4.79 Å². The largest absolute Gasteiger partial charge is 0.528 e. The molecule has 1 aliphatic heterocycles. The second-order valence-electron chi connectivity index (χ2n) is 11.3. The number of hydrogen-bond donors (Lipinski definition) is 1. The van der Waals surface area contributed by atoms with Crippen molar-refractivity contribution in [2.45, 2.75) is 45.5 Å². The summed E-state index contributed by atoms with van der Waals surface area (Å²) in [6.07, 6.45) is -0.645. The highest BCUT2D eigenvalue weighted by atomic mass is 79.9. The molecule has 0 amide bonds. The maximum atomic E-state index is 12.1. The first-order chi connectivity index (χ1) is 19.1. The summed E-state index contributed by atoms with van der Waals surface area (Å²) in [4.78, 5) is 20.0. The normalized spacial score (nSPS) is 15.9. The maximum absolute atomic E-state index is 12.1. The third-order valence-electron chi connectivity index (χ3n) is 7.03. The number of hydrogen-bond acceptors (Lipinski definition) is 6. The van der Waals surface area contributed by atoms with Crippen LogP contribution in [0.3, 0.4) is 0 Å². The van der Waals surface area contributed by atoms with Crippen molar-refractivity contribution >= 4 is 59.8 Å². The minimum atomic E-state index is -0.645. The summed E-state index contributed by atoms with van der Waals surface area (Å²) in [6.45, 7) is 10.9. The molecule has 1 unspecified atom stereocenters. The van der Waals surface area contributed by atoms with E-state index in [4.69, 9.17) is 9.57 Å². The number of ether oxygens (including phenoxy) is 1. The van der Waals surface area contributed by atoms with Gasteiger partial charge in [-0.2, -0.15) is 0 Å². The van der Waals surface area contributed by atoms with E-state index >= 15 is 0 Å². The predicted molar refractivity (Wildman–Crippen MR) is 167 cm³/mol. The first-order valence-electron chi connectivity index (χ1n) is 13.7. The zero-order valence-corrected chi connectivity index (χ0v) is 26.4. The summed E-state index contributed by atoms with van der Waals surface area (Å²) < 4.78 is 9.90. The fourth-order valence-electron chi connectivity index (χ4n) is 5.20. The molecule has 1 aliphatic rings. The summed E-state index contributed by atoms with van der Waals surface area (Å²) in [5.41, 5.74) is 3.13. The van der Waals surface area contributed by atoms with Crippen LogP contribution >= 0.6 is 31.9 Å². The number of halogens is 2. The van der Waals surface area contributed by atoms with Gasteiger partial charge in [-0.15, -0.1) is 5.06 Å². The lowest BCUT2D eigenvalue weighted by Gasteiger charge is -2.35. The first-order valence-corrected chi connectivity index (χ1v) is 15.3. The lowest BCUT2D eigenvalue weighted by atomic mass is 10.2. The predicted octanol–water partition coefficient (Wildman–Crippen LogP) is 6.96. The first kappa shape index (κ1) is 29.1. The second-order valence-corrected chi connectivity index (χ2v) is 13.1. The van der Waals surface area contributed by atoms with Gasteiger partial charge >= 0.3 is 6.16 Å². The number of aromatic nitrogens is 1. The van der Waals surface area contributed by atoms with Crippen LogP contribution in [0.4, 0.5) is 4.79 Å².